The number of ether oxygens (including phenoxy) is 2. The fraction of sp³-hybridized carbons (Fsp3) is 0.682. The van der Waals surface area contributed by atoms with Gasteiger partial charge in [-0.05, 0) is 43.1 Å². The lowest BCUT2D eigenvalue weighted by Crippen LogP contribution is -2.48. The number of hydrogen-bond donors (Lipinski definition) is 0. The third-order valence-electron chi connectivity index (χ3n) is 5.75. The first-order chi connectivity index (χ1) is 13.2. The van der Waals surface area contributed by atoms with Gasteiger partial charge in [-0.1, -0.05) is 39.0 Å². The Labute approximate surface area is 171 Å². The van der Waals surface area contributed by atoms with Crippen LogP contribution in [0.25, 0.3) is 0 Å². The van der Waals surface area contributed by atoms with Crippen LogP contribution in [0.2, 0.25) is 18.1 Å². The average molecular weight is 408 g/mol. The van der Waals surface area contributed by atoms with Crippen molar-refractivity contribution in [3.63, 3.8) is 0 Å². The van der Waals surface area contributed by atoms with Crippen molar-refractivity contribution < 1.29 is 18.7 Å². The van der Waals surface area contributed by atoms with Crippen molar-refractivity contribution in [1.82, 2.24) is 4.90 Å². The summed E-state index contributed by atoms with van der Waals surface area (Å²) in [7, 11) is -1.85. The molecule has 2 rings (SSSR count). The summed E-state index contributed by atoms with van der Waals surface area (Å²) in [5.74, 6) is -0.254. The number of rotatable bonds is 9. The predicted molar refractivity (Wildman–Crippen MR) is 115 cm³/mol. The van der Waals surface area contributed by atoms with Gasteiger partial charge in [0.25, 0.3) is 0 Å². The minimum Gasteiger partial charge on any atom is -0.462 e. The molecule has 1 heterocycles. The molecule has 0 amide bonds. The average Bonchev–Trinajstić information content (AvgIpc) is 2.65. The smallest absolute Gasteiger partial charge is 0.338 e. The fourth-order valence-electron chi connectivity index (χ4n) is 2.99. The second kappa shape index (κ2) is 10.5. The van der Waals surface area contributed by atoms with Crippen molar-refractivity contribution in [2.45, 2.75) is 57.8 Å². The Morgan fingerprint density at radius 3 is 2.43 bits per heavy atom. The Kier molecular flexibility index (Phi) is 8.68. The Bertz CT molecular complexity index is 594. The lowest BCUT2D eigenvalue weighted by Gasteiger charge is -2.41. The van der Waals surface area contributed by atoms with Gasteiger partial charge in [-0.3, -0.25) is 4.90 Å². The van der Waals surface area contributed by atoms with Crippen LogP contribution in [0, 0.1) is 0 Å². The highest BCUT2D eigenvalue weighted by atomic mass is 28.4. The monoisotopic (exact) mass is 407 g/mol. The summed E-state index contributed by atoms with van der Waals surface area (Å²) < 4.78 is 17.6. The van der Waals surface area contributed by atoms with Crippen LogP contribution in [0.5, 0.6) is 0 Å². The standard InChI is InChI=1S/C22H37NO4Si/c1-22(2,3)28(4,5)27-20(18-23-13-16-25-17-14-23)12-9-15-26-21(24)19-10-7-6-8-11-19/h6-8,10-11,20H,9,12-18H2,1-5H3. The van der Waals surface area contributed by atoms with Gasteiger partial charge in [0.15, 0.2) is 8.32 Å². The second-order valence-corrected chi connectivity index (χ2v) is 13.8. The van der Waals surface area contributed by atoms with Crippen molar-refractivity contribution in [1.29, 1.82) is 0 Å². The number of nitrogens with zero attached hydrogens (tertiary/aromatic N) is 1. The molecule has 0 aliphatic carbocycles. The van der Waals surface area contributed by atoms with E-state index in [0.29, 0.717) is 12.2 Å². The molecule has 1 fully saturated rings. The van der Waals surface area contributed by atoms with Crippen LogP contribution in [0.1, 0.15) is 44.0 Å². The maximum atomic E-state index is 12.1. The van der Waals surface area contributed by atoms with Gasteiger partial charge in [0, 0.05) is 19.6 Å². The van der Waals surface area contributed by atoms with E-state index in [1.54, 1.807) is 12.1 Å². The Balaban J connectivity index is 1.86. The normalized spacial score (nSPS) is 17.3. The summed E-state index contributed by atoms with van der Waals surface area (Å²) in [6.45, 7) is 16.3. The third-order valence-corrected chi connectivity index (χ3v) is 10.3. The van der Waals surface area contributed by atoms with Crippen LogP contribution in [-0.2, 0) is 13.9 Å². The minimum absolute atomic E-state index is 0.161. The fourth-order valence-corrected chi connectivity index (χ4v) is 4.37. The number of carbonyl (C=O) groups is 1. The predicted octanol–water partition coefficient (Wildman–Crippen LogP) is 4.35. The lowest BCUT2D eigenvalue weighted by atomic mass is 10.2. The van der Waals surface area contributed by atoms with Crippen LogP contribution < -0.4 is 0 Å². The molecule has 0 spiro atoms. The Morgan fingerprint density at radius 2 is 1.82 bits per heavy atom. The molecule has 5 nitrogen and oxygen atoms in total. The van der Waals surface area contributed by atoms with E-state index in [9.17, 15) is 4.79 Å². The summed E-state index contributed by atoms with van der Waals surface area (Å²) in [5.41, 5.74) is 0.602. The molecule has 1 unspecified atom stereocenters. The first kappa shape index (κ1) is 23.1. The molecule has 158 valence electrons. The third kappa shape index (κ3) is 7.31. The maximum Gasteiger partial charge on any atom is 0.338 e. The Morgan fingerprint density at radius 1 is 1.18 bits per heavy atom. The first-order valence-corrected chi connectivity index (χ1v) is 13.3. The van der Waals surface area contributed by atoms with Crippen LogP contribution in [0.3, 0.4) is 0 Å². The van der Waals surface area contributed by atoms with E-state index in [0.717, 1.165) is 45.7 Å². The van der Waals surface area contributed by atoms with Gasteiger partial charge >= 0.3 is 5.97 Å². The SMILES string of the molecule is CC(C)(C)[Si](C)(C)OC(CCCOC(=O)c1ccccc1)CN1CCOCC1. The molecule has 28 heavy (non-hydrogen) atoms. The molecule has 1 aromatic rings. The number of esters is 1. The van der Waals surface area contributed by atoms with E-state index >= 15 is 0 Å². The van der Waals surface area contributed by atoms with Gasteiger partial charge in [-0.2, -0.15) is 0 Å². The number of hydrogen-bond acceptors (Lipinski definition) is 5. The summed E-state index contributed by atoms with van der Waals surface area (Å²) in [5, 5.41) is 0.177. The molecule has 0 bridgehead atoms. The van der Waals surface area contributed by atoms with Crippen molar-refractivity contribution in [2.24, 2.45) is 0 Å². The van der Waals surface area contributed by atoms with Gasteiger partial charge in [-0.25, -0.2) is 4.79 Å². The van der Waals surface area contributed by atoms with Crippen molar-refractivity contribution in [3.05, 3.63) is 35.9 Å². The first-order valence-electron chi connectivity index (χ1n) is 10.4. The summed E-state index contributed by atoms with van der Waals surface area (Å²) in [6, 6.07) is 9.16. The van der Waals surface area contributed by atoms with Crippen LogP contribution in [0.4, 0.5) is 0 Å². The number of carbonyl (C=O) groups excluding carboxylic acids is 1. The van der Waals surface area contributed by atoms with Crippen LogP contribution >= 0.6 is 0 Å². The van der Waals surface area contributed by atoms with Gasteiger partial charge in [0.2, 0.25) is 0 Å². The molecule has 0 N–H and O–H groups in total. The molecule has 6 heteroatoms. The van der Waals surface area contributed by atoms with Gasteiger partial charge in [-0.15, -0.1) is 0 Å². The van der Waals surface area contributed by atoms with Gasteiger partial charge < -0.3 is 13.9 Å². The zero-order valence-corrected chi connectivity index (χ0v) is 19.2. The maximum absolute atomic E-state index is 12.1. The highest BCUT2D eigenvalue weighted by molar-refractivity contribution is 6.74. The van der Waals surface area contributed by atoms with Crippen molar-refractivity contribution in [2.75, 3.05) is 39.5 Å². The zero-order chi connectivity index (χ0) is 20.6. The lowest BCUT2D eigenvalue weighted by molar-refractivity contribution is 0.0134. The highest BCUT2D eigenvalue weighted by Gasteiger charge is 2.39. The quantitative estimate of drug-likeness (QED) is 0.346. The second-order valence-electron chi connectivity index (χ2n) is 9.06. The van der Waals surface area contributed by atoms with E-state index in [1.807, 2.05) is 18.2 Å². The largest absolute Gasteiger partial charge is 0.462 e. The summed E-state index contributed by atoms with van der Waals surface area (Å²) in [4.78, 5) is 14.5. The summed E-state index contributed by atoms with van der Waals surface area (Å²) in [6.07, 6.45) is 1.86. The molecule has 1 aliphatic rings. The van der Waals surface area contributed by atoms with Crippen molar-refractivity contribution >= 4 is 14.3 Å². The van der Waals surface area contributed by atoms with Gasteiger partial charge in [0.05, 0.1) is 31.5 Å². The van der Waals surface area contributed by atoms with E-state index < -0.39 is 8.32 Å². The number of benzene rings is 1. The number of morpholine rings is 1. The van der Waals surface area contributed by atoms with E-state index in [2.05, 4.69) is 38.8 Å². The van der Waals surface area contributed by atoms with Crippen LogP contribution in [0.15, 0.2) is 30.3 Å². The molecule has 0 saturated carbocycles. The topological polar surface area (TPSA) is 48.0 Å². The van der Waals surface area contributed by atoms with Gasteiger partial charge in [0.1, 0.15) is 0 Å². The molecule has 1 saturated heterocycles. The molecule has 1 aliphatic heterocycles. The molecule has 1 aromatic carbocycles. The molecule has 0 radical (unpaired) electrons. The highest BCUT2D eigenvalue weighted by Crippen LogP contribution is 2.37. The zero-order valence-electron chi connectivity index (χ0n) is 18.2. The minimum atomic E-state index is -1.85. The Hall–Kier alpha value is -1.21. The van der Waals surface area contributed by atoms with E-state index in [1.165, 1.54) is 0 Å². The van der Waals surface area contributed by atoms with E-state index in [4.69, 9.17) is 13.9 Å². The van der Waals surface area contributed by atoms with Crippen molar-refractivity contribution in [3.8, 4) is 0 Å². The molecular weight excluding hydrogens is 370 g/mol. The summed E-state index contributed by atoms with van der Waals surface area (Å²) >= 11 is 0. The van der Waals surface area contributed by atoms with E-state index in [-0.39, 0.29) is 17.1 Å². The molecule has 1 atom stereocenters. The molecule has 0 aromatic heterocycles. The molecular formula is C22H37NO4Si. The van der Waals surface area contributed by atoms with Crippen LogP contribution in [-0.4, -0.2) is 64.7 Å².